The van der Waals surface area contributed by atoms with Crippen LogP contribution in [0.15, 0.2) is 36.5 Å². The highest BCUT2D eigenvalue weighted by Crippen LogP contribution is 2.36. The van der Waals surface area contributed by atoms with Crippen LogP contribution in [-0.2, 0) is 0 Å². The summed E-state index contributed by atoms with van der Waals surface area (Å²) in [5.74, 6) is 1.56. The van der Waals surface area contributed by atoms with E-state index in [0.29, 0.717) is 6.04 Å². The van der Waals surface area contributed by atoms with Crippen LogP contribution >= 0.6 is 0 Å². The van der Waals surface area contributed by atoms with Crippen molar-refractivity contribution in [3.05, 3.63) is 42.1 Å². The van der Waals surface area contributed by atoms with Crippen molar-refractivity contribution in [1.29, 1.82) is 0 Å². The number of benzene rings is 1. The Morgan fingerprint density at radius 2 is 2.11 bits per heavy atom. The molecule has 1 fully saturated rings. The van der Waals surface area contributed by atoms with E-state index < -0.39 is 0 Å². The van der Waals surface area contributed by atoms with Crippen LogP contribution in [0.2, 0.25) is 0 Å². The van der Waals surface area contributed by atoms with Crippen molar-refractivity contribution in [3.63, 3.8) is 0 Å². The van der Waals surface area contributed by atoms with E-state index in [1.54, 1.807) is 13.3 Å². The predicted octanol–water partition coefficient (Wildman–Crippen LogP) is 3.51. The van der Waals surface area contributed by atoms with Crippen molar-refractivity contribution in [2.75, 3.05) is 32.6 Å². The highest BCUT2D eigenvalue weighted by atomic mass is 16.5. The number of likely N-dealkylation sites (N-methyl/N-ethyl adjacent to an activating group) is 1. The van der Waals surface area contributed by atoms with Gasteiger partial charge in [0.05, 0.1) is 12.8 Å². The molecule has 1 aliphatic heterocycles. The number of anilines is 1. The molecule has 0 bridgehead atoms. The number of nitrogens with zero attached hydrogens (tertiary/aromatic N) is 4. The van der Waals surface area contributed by atoms with Crippen molar-refractivity contribution in [2.24, 2.45) is 0 Å². The second kappa shape index (κ2) is 7.48. The summed E-state index contributed by atoms with van der Waals surface area (Å²) in [5, 5.41) is 13.5. The lowest BCUT2D eigenvalue weighted by atomic mass is 10.0. The van der Waals surface area contributed by atoms with Gasteiger partial charge in [-0.15, -0.1) is 10.2 Å². The van der Waals surface area contributed by atoms with Gasteiger partial charge < -0.3 is 15.0 Å². The Bertz CT molecular complexity index is 958. The smallest absolute Gasteiger partial charge is 0.154 e. The van der Waals surface area contributed by atoms with E-state index in [4.69, 9.17) is 4.74 Å². The third-order valence-corrected chi connectivity index (χ3v) is 5.15. The molecule has 3 heterocycles. The second-order valence-corrected chi connectivity index (χ2v) is 7.23. The Morgan fingerprint density at radius 3 is 2.89 bits per heavy atom. The van der Waals surface area contributed by atoms with Gasteiger partial charge in [0.15, 0.2) is 5.75 Å². The molecule has 1 aromatic carbocycles. The lowest BCUT2D eigenvalue weighted by Gasteiger charge is -2.30. The molecular formula is C21H25N5O. The molecule has 0 aliphatic carbocycles. The van der Waals surface area contributed by atoms with Gasteiger partial charge in [-0.05, 0) is 57.1 Å². The average Bonchev–Trinajstić information content (AvgIpc) is 2.67. The topological polar surface area (TPSA) is 63.2 Å². The molecule has 2 aromatic heterocycles. The van der Waals surface area contributed by atoms with Crippen molar-refractivity contribution >= 4 is 16.7 Å². The number of likely N-dealkylation sites (tertiary alicyclic amines) is 1. The molecule has 0 spiro atoms. The number of pyridine rings is 1. The molecule has 1 N–H and O–H groups in total. The number of hydrogen-bond donors (Lipinski definition) is 1. The largest absolute Gasteiger partial charge is 0.494 e. The minimum Gasteiger partial charge on any atom is -0.494 e. The van der Waals surface area contributed by atoms with Crippen molar-refractivity contribution in [1.82, 2.24) is 20.1 Å². The molecular weight excluding hydrogens is 338 g/mol. The van der Waals surface area contributed by atoms with Gasteiger partial charge in [-0.2, -0.15) is 0 Å². The van der Waals surface area contributed by atoms with E-state index in [-0.39, 0.29) is 0 Å². The number of methoxy groups -OCH3 is 1. The molecule has 6 nitrogen and oxygen atoms in total. The summed E-state index contributed by atoms with van der Waals surface area (Å²) in [5.41, 5.74) is 3.64. The quantitative estimate of drug-likeness (QED) is 0.765. The second-order valence-electron chi connectivity index (χ2n) is 7.23. The van der Waals surface area contributed by atoms with Gasteiger partial charge in [-0.25, -0.2) is 0 Å². The van der Waals surface area contributed by atoms with E-state index in [2.05, 4.69) is 45.4 Å². The van der Waals surface area contributed by atoms with E-state index in [0.717, 1.165) is 58.8 Å². The molecule has 0 amide bonds. The first-order chi connectivity index (χ1) is 13.2. The van der Waals surface area contributed by atoms with Crippen LogP contribution in [0.3, 0.4) is 0 Å². The number of ether oxygens (including phenoxy) is 1. The monoisotopic (exact) mass is 363 g/mol. The summed E-state index contributed by atoms with van der Waals surface area (Å²) in [4.78, 5) is 6.83. The molecule has 6 heteroatoms. The van der Waals surface area contributed by atoms with E-state index >= 15 is 0 Å². The van der Waals surface area contributed by atoms with Gasteiger partial charge in [0.1, 0.15) is 11.3 Å². The first-order valence-electron chi connectivity index (χ1n) is 9.37. The van der Waals surface area contributed by atoms with Gasteiger partial charge in [0.2, 0.25) is 0 Å². The predicted molar refractivity (Wildman–Crippen MR) is 108 cm³/mol. The molecule has 27 heavy (non-hydrogen) atoms. The van der Waals surface area contributed by atoms with Gasteiger partial charge in [-0.1, -0.05) is 12.1 Å². The SMILES string of the molecule is COc1c(-c2nnc(N[C@H]3CCCN(C)C3)cc2C)ccc2cccnc12. The van der Waals surface area contributed by atoms with Crippen LogP contribution in [-0.4, -0.2) is 53.4 Å². The Balaban J connectivity index is 1.66. The fourth-order valence-electron chi connectivity index (χ4n) is 3.83. The average molecular weight is 363 g/mol. The minimum atomic E-state index is 0.419. The van der Waals surface area contributed by atoms with Crippen molar-refractivity contribution < 1.29 is 4.74 Å². The van der Waals surface area contributed by atoms with Crippen LogP contribution < -0.4 is 10.1 Å². The molecule has 4 rings (SSSR count). The number of nitrogens with one attached hydrogen (secondary N) is 1. The van der Waals surface area contributed by atoms with Crippen molar-refractivity contribution in [2.45, 2.75) is 25.8 Å². The number of aryl methyl sites for hydroxylation is 1. The van der Waals surface area contributed by atoms with Crippen LogP contribution in [0.4, 0.5) is 5.82 Å². The number of aromatic nitrogens is 3. The first-order valence-corrected chi connectivity index (χ1v) is 9.37. The molecule has 140 valence electrons. The van der Waals surface area contributed by atoms with E-state index in [9.17, 15) is 0 Å². The Labute approximate surface area is 159 Å². The van der Waals surface area contributed by atoms with Crippen LogP contribution in [0.5, 0.6) is 5.75 Å². The van der Waals surface area contributed by atoms with Gasteiger partial charge >= 0.3 is 0 Å². The van der Waals surface area contributed by atoms with E-state index in [1.807, 2.05) is 24.3 Å². The van der Waals surface area contributed by atoms with Gasteiger partial charge in [-0.3, -0.25) is 4.98 Å². The molecule has 1 saturated heterocycles. The zero-order chi connectivity index (χ0) is 18.8. The molecule has 0 radical (unpaired) electrons. The summed E-state index contributed by atoms with van der Waals surface area (Å²) in [7, 11) is 3.83. The Morgan fingerprint density at radius 1 is 1.22 bits per heavy atom. The fraction of sp³-hybridized carbons (Fsp3) is 0.381. The Hall–Kier alpha value is -2.73. The number of hydrogen-bond acceptors (Lipinski definition) is 6. The highest BCUT2D eigenvalue weighted by Gasteiger charge is 2.19. The summed E-state index contributed by atoms with van der Waals surface area (Å²) >= 11 is 0. The normalized spacial score (nSPS) is 17.8. The molecule has 0 saturated carbocycles. The maximum absolute atomic E-state index is 5.68. The van der Waals surface area contributed by atoms with Crippen LogP contribution in [0, 0.1) is 6.92 Å². The number of piperidine rings is 1. The lowest BCUT2D eigenvalue weighted by molar-refractivity contribution is 0.260. The molecule has 1 aliphatic rings. The summed E-state index contributed by atoms with van der Waals surface area (Å²) in [6.45, 7) is 4.26. The summed E-state index contributed by atoms with van der Waals surface area (Å²) in [6.07, 6.45) is 4.15. The lowest BCUT2D eigenvalue weighted by Crippen LogP contribution is -2.39. The third kappa shape index (κ3) is 3.57. The maximum atomic E-state index is 5.68. The van der Waals surface area contributed by atoms with Crippen molar-refractivity contribution in [3.8, 4) is 17.0 Å². The number of fused-ring (bicyclic) bond motifs is 1. The standard InChI is InChI=1S/C21H25N5O/c1-14-12-18(23-16-7-5-11-26(2)13-16)24-25-19(14)17-9-8-15-6-4-10-22-20(15)21(17)27-3/h4,6,8-10,12,16H,5,7,11,13H2,1-3H3,(H,23,24)/t16-/m0/s1. The van der Waals surface area contributed by atoms with Crippen LogP contribution in [0.25, 0.3) is 22.2 Å². The van der Waals surface area contributed by atoms with Gasteiger partial charge in [0, 0.05) is 29.7 Å². The first kappa shape index (κ1) is 17.7. The molecule has 1 atom stereocenters. The minimum absolute atomic E-state index is 0.419. The zero-order valence-corrected chi connectivity index (χ0v) is 16.1. The Kier molecular flexibility index (Phi) is 4.90. The fourth-order valence-corrected chi connectivity index (χ4v) is 3.83. The summed E-state index contributed by atoms with van der Waals surface area (Å²) < 4.78 is 5.68. The summed E-state index contributed by atoms with van der Waals surface area (Å²) in [6, 6.07) is 10.5. The zero-order valence-electron chi connectivity index (χ0n) is 16.1. The van der Waals surface area contributed by atoms with Gasteiger partial charge in [0.25, 0.3) is 0 Å². The van der Waals surface area contributed by atoms with Crippen LogP contribution in [0.1, 0.15) is 18.4 Å². The molecule has 3 aromatic rings. The highest BCUT2D eigenvalue weighted by molar-refractivity contribution is 5.92. The third-order valence-electron chi connectivity index (χ3n) is 5.15. The maximum Gasteiger partial charge on any atom is 0.154 e. The number of rotatable bonds is 4. The van der Waals surface area contributed by atoms with E-state index in [1.165, 1.54) is 6.42 Å². The molecule has 0 unspecified atom stereocenters.